The van der Waals surface area contributed by atoms with Crippen LogP contribution in [0.5, 0.6) is 0 Å². The molecule has 0 nitrogen and oxygen atoms in total. The largest absolute Gasteiger partial charge is 0.248 e. The van der Waals surface area contributed by atoms with Gasteiger partial charge in [0.25, 0.3) is 0 Å². The molecule has 0 N–H and O–H groups in total. The Bertz CT molecular complexity index is 314. The van der Waals surface area contributed by atoms with Crippen LogP contribution in [0, 0.1) is 5.92 Å². The lowest BCUT2D eigenvalue weighted by Crippen LogP contribution is -2.29. The molecule has 0 saturated heterocycles. The summed E-state index contributed by atoms with van der Waals surface area (Å²) >= 11 is 7.95. The maximum Gasteiger partial charge on any atom is 0.248 e. The van der Waals surface area contributed by atoms with Gasteiger partial charge in [0.15, 0.2) is 0 Å². The SMILES string of the molecule is FC1(F)CCC(C(Cl)Cc2ccsc2)CC1. The zero-order valence-corrected chi connectivity index (χ0v) is 10.5. The molecule has 1 unspecified atom stereocenters. The van der Waals surface area contributed by atoms with Crippen molar-refractivity contribution in [3.05, 3.63) is 22.4 Å². The van der Waals surface area contributed by atoms with Gasteiger partial charge in [0, 0.05) is 18.2 Å². The highest BCUT2D eigenvalue weighted by atomic mass is 35.5. The summed E-state index contributed by atoms with van der Waals surface area (Å²) in [5, 5.41) is 4.10. The molecule has 90 valence electrons. The molecule has 0 bridgehead atoms. The molecule has 0 spiro atoms. The number of thiophene rings is 1. The van der Waals surface area contributed by atoms with E-state index in [1.165, 1.54) is 5.56 Å². The first-order valence-corrected chi connectivity index (χ1v) is 6.98. The second kappa shape index (κ2) is 5.01. The van der Waals surface area contributed by atoms with Crippen molar-refractivity contribution in [2.24, 2.45) is 5.92 Å². The van der Waals surface area contributed by atoms with E-state index in [0.29, 0.717) is 12.8 Å². The van der Waals surface area contributed by atoms with Gasteiger partial charge in [-0.25, -0.2) is 8.78 Å². The first kappa shape index (κ1) is 12.3. The topological polar surface area (TPSA) is 0 Å². The minimum Gasteiger partial charge on any atom is -0.207 e. The molecule has 0 radical (unpaired) electrons. The van der Waals surface area contributed by atoms with E-state index < -0.39 is 5.92 Å². The Morgan fingerprint density at radius 1 is 1.44 bits per heavy atom. The normalized spacial score (nSPS) is 23.2. The van der Waals surface area contributed by atoms with E-state index in [-0.39, 0.29) is 24.1 Å². The van der Waals surface area contributed by atoms with Gasteiger partial charge in [0.1, 0.15) is 0 Å². The molecule has 1 saturated carbocycles. The van der Waals surface area contributed by atoms with E-state index >= 15 is 0 Å². The van der Waals surface area contributed by atoms with E-state index in [1.54, 1.807) is 11.3 Å². The fraction of sp³-hybridized carbons (Fsp3) is 0.667. The van der Waals surface area contributed by atoms with Gasteiger partial charge >= 0.3 is 0 Å². The first-order valence-electron chi connectivity index (χ1n) is 5.60. The van der Waals surface area contributed by atoms with Gasteiger partial charge in [-0.3, -0.25) is 0 Å². The molecule has 1 fully saturated rings. The monoisotopic (exact) mass is 264 g/mol. The van der Waals surface area contributed by atoms with Crippen molar-refractivity contribution >= 4 is 22.9 Å². The number of hydrogen-bond donors (Lipinski definition) is 0. The standard InChI is InChI=1S/C12H15ClF2S/c13-11(7-9-3-6-16-8-9)10-1-4-12(14,15)5-2-10/h3,6,8,10-11H,1-2,4-5,7H2. The molecule has 0 aromatic carbocycles. The van der Waals surface area contributed by atoms with Crippen LogP contribution in [0.3, 0.4) is 0 Å². The summed E-state index contributed by atoms with van der Waals surface area (Å²) in [7, 11) is 0. The Morgan fingerprint density at radius 2 is 2.12 bits per heavy atom. The summed E-state index contributed by atoms with van der Waals surface area (Å²) in [4.78, 5) is 0. The molecule has 16 heavy (non-hydrogen) atoms. The van der Waals surface area contributed by atoms with Crippen LogP contribution >= 0.6 is 22.9 Å². The molecule has 0 aliphatic heterocycles. The third-order valence-electron chi connectivity index (χ3n) is 3.28. The van der Waals surface area contributed by atoms with Crippen molar-refractivity contribution in [2.45, 2.75) is 43.4 Å². The molecular weight excluding hydrogens is 250 g/mol. The summed E-state index contributed by atoms with van der Waals surface area (Å²) in [6.45, 7) is 0. The molecular formula is C12H15ClF2S. The van der Waals surface area contributed by atoms with Crippen molar-refractivity contribution in [1.29, 1.82) is 0 Å². The van der Waals surface area contributed by atoms with Crippen LogP contribution in [-0.2, 0) is 6.42 Å². The highest BCUT2D eigenvalue weighted by Gasteiger charge is 2.37. The Hall–Kier alpha value is -0.150. The second-order valence-electron chi connectivity index (χ2n) is 4.55. The Kier molecular flexibility index (Phi) is 3.85. The summed E-state index contributed by atoms with van der Waals surface area (Å²) in [5.41, 5.74) is 1.22. The Morgan fingerprint density at radius 3 is 2.69 bits per heavy atom. The van der Waals surface area contributed by atoms with Gasteiger partial charge in [-0.1, -0.05) is 0 Å². The highest BCUT2D eigenvalue weighted by molar-refractivity contribution is 7.07. The average Bonchev–Trinajstić information content (AvgIpc) is 2.70. The molecule has 0 amide bonds. The van der Waals surface area contributed by atoms with Crippen LogP contribution in [-0.4, -0.2) is 11.3 Å². The van der Waals surface area contributed by atoms with Gasteiger partial charge in [-0.15, -0.1) is 11.6 Å². The lowest BCUT2D eigenvalue weighted by Gasteiger charge is -2.30. The molecule has 2 rings (SSSR count). The number of halogens is 3. The predicted octanol–water partition coefficient (Wildman–Crippen LogP) is 4.72. The van der Waals surface area contributed by atoms with Gasteiger partial charge in [0.2, 0.25) is 5.92 Å². The van der Waals surface area contributed by atoms with E-state index in [0.717, 1.165) is 6.42 Å². The Balaban J connectivity index is 1.85. The molecule has 1 heterocycles. The molecule has 1 aromatic rings. The zero-order valence-electron chi connectivity index (χ0n) is 8.96. The summed E-state index contributed by atoms with van der Waals surface area (Å²) in [6, 6.07) is 2.05. The summed E-state index contributed by atoms with van der Waals surface area (Å²) < 4.78 is 26.0. The number of alkyl halides is 3. The van der Waals surface area contributed by atoms with Crippen molar-refractivity contribution in [3.8, 4) is 0 Å². The first-order chi connectivity index (χ1) is 7.57. The minimum absolute atomic E-state index is 0.00449. The van der Waals surface area contributed by atoms with Crippen molar-refractivity contribution in [1.82, 2.24) is 0 Å². The number of rotatable bonds is 3. The van der Waals surface area contributed by atoms with Crippen molar-refractivity contribution in [2.75, 3.05) is 0 Å². The van der Waals surface area contributed by atoms with E-state index in [4.69, 9.17) is 11.6 Å². The number of hydrogen-bond acceptors (Lipinski definition) is 1. The maximum atomic E-state index is 13.0. The van der Waals surface area contributed by atoms with E-state index in [1.807, 2.05) is 5.38 Å². The van der Waals surface area contributed by atoms with Crippen LogP contribution in [0.15, 0.2) is 16.8 Å². The van der Waals surface area contributed by atoms with E-state index in [2.05, 4.69) is 11.4 Å². The molecule has 1 aromatic heterocycles. The average molecular weight is 265 g/mol. The van der Waals surface area contributed by atoms with Gasteiger partial charge in [-0.05, 0) is 47.6 Å². The van der Waals surface area contributed by atoms with Crippen LogP contribution in [0.4, 0.5) is 8.78 Å². The van der Waals surface area contributed by atoms with Crippen LogP contribution in [0.25, 0.3) is 0 Å². The van der Waals surface area contributed by atoms with Crippen molar-refractivity contribution in [3.63, 3.8) is 0 Å². The molecule has 1 atom stereocenters. The maximum absolute atomic E-state index is 13.0. The fourth-order valence-electron chi connectivity index (χ4n) is 2.22. The smallest absolute Gasteiger partial charge is 0.207 e. The third kappa shape index (κ3) is 3.17. The molecule has 4 heteroatoms. The summed E-state index contributed by atoms with van der Waals surface area (Å²) in [5.74, 6) is -2.20. The lowest BCUT2D eigenvalue weighted by atomic mass is 9.83. The molecule has 1 aliphatic carbocycles. The minimum atomic E-state index is -2.45. The van der Waals surface area contributed by atoms with Crippen molar-refractivity contribution < 1.29 is 8.78 Å². The quantitative estimate of drug-likeness (QED) is 0.693. The zero-order chi connectivity index (χ0) is 11.6. The van der Waals surface area contributed by atoms with Crippen LogP contribution < -0.4 is 0 Å². The Labute approximate surface area is 104 Å². The van der Waals surface area contributed by atoms with Crippen LogP contribution in [0.1, 0.15) is 31.2 Å². The second-order valence-corrected chi connectivity index (χ2v) is 5.89. The van der Waals surface area contributed by atoms with Gasteiger partial charge < -0.3 is 0 Å². The van der Waals surface area contributed by atoms with Gasteiger partial charge in [0.05, 0.1) is 0 Å². The molecule has 1 aliphatic rings. The highest BCUT2D eigenvalue weighted by Crippen LogP contribution is 2.39. The lowest BCUT2D eigenvalue weighted by molar-refractivity contribution is -0.0459. The van der Waals surface area contributed by atoms with E-state index in [9.17, 15) is 8.78 Å². The predicted molar refractivity (Wildman–Crippen MR) is 64.6 cm³/mol. The van der Waals surface area contributed by atoms with Crippen LogP contribution in [0.2, 0.25) is 0 Å². The van der Waals surface area contributed by atoms with Gasteiger partial charge in [-0.2, -0.15) is 11.3 Å². The third-order valence-corrected chi connectivity index (χ3v) is 4.53. The fourth-order valence-corrected chi connectivity index (χ4v) is 3.34. The summed E-state index contributed by atoms with van der Waals surface area (Å²) in [6.07, 6.45) is 1.94.